The van der Waals surface area contributed by atoms with E-state index in [-0.39, 0.29) is 23.0 Å². The lowest BCUT2D eigenvalue weighted by atomic mass is 9.97. The summed E-state index contributed by atoms with van der Waals surface area (Å²) in [6, 6.07) is 18.2. The Labute approximate surface area is 184 Å². The fourth-order valence-electron chi connectivity index (χ4n) is 3.49. The van der Waals surface area contributed by atoms with Crippen LogP contribution in [0, 0.1) is 5.82 Å². The van der Waals surface area contributed by atoms with Crippen LogP contribution in [0.25, 0.3) is 33.2 Å². The lowest BCUT2D eigenvalue weighted by Crippen LogP contribution is -2.19. The van der Waals surface area contributed by atoms with Gasteiger partial charge in [0.25, 0.3) is 0 Å². The molecule has 0 atom stereocenters. The molecule has 32 heavy (non-hydrogen) atoms. The maximum Gasteiger partial charge on any atom is 0.405 e. The number of benzene rings is 3. The fourth-order valence-corrected chi connectivity index (χ4v) is 4.37. The van der Waals surface area contributed by atoms with E-state index < -0.39 is 15.9 Å². The number of hydrogen-bond donors (Lipinski definition) is 2. The van der Waals surface area contributed by atoms with Crippen LogP contribution in [0.2, 0.25) is 0 Å². The average Bonchev–Trinajstić information content (AvgIpc) is 3.21. The Balaban J connectivity index is 1.84. The van der Waals surface area contributed by atoms with Gasteiger partial charge in [-0.2, -0.15) is 0 Å². The van der Waals surface area contributed by atoms with Crippen LogP contribution in [0.1, 0.15) is 12.7 Å². The zero-order chi connectivity index (χ0) is 22.9. The van der Waals surface area contributed by atoms with Gasteiger partial charge in [0.15, 0.2) is 9.84 Å². The molecular formula is C24H20FNO5S. The van der Waals surface area contributed by atoms with Crippen molar-refractivity contribution in [3.05, 3.63) is 78.3 Å². The highest BCUT2D eigenvalue weighted by atomic mass is 32.2. The third kappa shape index (κ3) is 4.36. The van der Waals surface area contributed by atoms with E-state index in [1.807, 2.05) is 12.1 Å². The summed E-state index contributed by atoms with van der Waals surface area (Å²) in [5, 5.41) is 11.9. The first kappa shape index (κ1) is 21.6. The molecule has 0 aliphatic carbocycles. The number of carbonyl (C=O) groups is 1. The van der Waals surface area contributed by atoms with Crippen LogP contribution in [-0.2, 0) is 16.4 Å². The smallest absolute Gasteiger partial charge is 0.405 e. The molecule has 8 heteroatoms. The molecule has 0 unspecified atom stereocenters. The molecule has 2 N–H and O–H groups in total. The number of hydrogen-bond acceptors (Lipinski definition) is 4. The Morgan fingerprint density at radius 3 is 2.25 bits per heavy atom. The summed E-state index contributed by atoms with van der Waals surface area (Å²) in [7, 11) is -3.30. The van der Waals surface area contributed by atoms with E-state index >= 15 is 0 Å². The number of halogens is 1. The van der Waals surface area contributed by atoms with Crippen LogP contribution in [-0.4, -0.2) is 25.4 Å². The molecule has 4 aromatic rings. The quantitative estimate of drug-likeness (QED) is 0.404. The van der Waals surface area contributed by atoms with Crippen LogP contribution in [0.3, 0.4) is 0 Å². The van der Waals surface area contributed by atoms with E-state index in [0.717, 1.165) is 22.1 Å². The molecule has 0 aliphatic rings. The molecular weight excluding hydrogens is 433 g/mol. The Morgan fingerprint density at radius 1 is 0.969 bits per heavy atom. The zero-order valence-corrected chi connectivity index (χ0v) is 17.9. The minimum atomic E-state index is -3.30. The zero-order valence-electron chi connectivity index (χ0n) is 17.1. The predicted octanol–water partition coefficient (Wildman–Crippen LogP) is 5.47. The highest BCUT2D eigenvalue weighted by molar-refractivity contribution is 7.91. The highest BCUT2D eigenvalue weighted by Gasteiger charge is 2.15. The summed E-state index contributed by atoms with van der Waals surface area (Å²) >= 11 is 0. The molecule has 164 valence electrons. The second kappa shape index (κ2) is 8.47. The predicted molar refractivity (Wildman–Crippen MR) is 120 cm³/mol. The number of fused-ring (bicyclic) bond motifs is 1. The van der Waals surface area contributed by atoms with Crippen LogP contribution < -0.4 is 5.32 Å². The van der Waals surface area contributed by atoms with Gasteiger partial charge in [0.05, 0.1) is 17.2 Å². The van der Waals surface area contributed by atoms with Crippen molar-refractivity contribution in [1.82, 2.24) is 5.32 Å². The van der Waals surface area contributed by atoms with Gasteiger partial charge in [0.1, 0.15) is 17.2 Å². The van der Waals surface area contributed by atoms with Crippen molar-refractivity contribution in [2.45, 2.75) is 18.4 Å². The van der Waals surface area contributed by atoms with Crippen molar-refractivity contribution >= 4 is 26.9 Å². The van der Waals surface area contributed by atoms with Crippen molar-refractivity contribution in [1.29, 1.82) is 0 Å². The Bertz CT molecular complexity index is 1390. The van der Waals surface area contributed by atoms with Gasteiger partial charge in [-0.1, -0.05) is 31.2 Å². The van der Waals surface area contributed by atoms with Crippen molar-refractivity contribution < 1.29 is 27.1 Å². The normalized spacial score (nSPS) is 11.6. The molecule has 0 saturated heterocycles. The summed E-state index contributed by atoms with van der Waals surface area (Å²) in [4.78, 5) is 11.1. The standard InChI is InChI=1S/C24H20FNO5S/c1-2-32(29,30)21-9-5-15(6-10-21)17-11-18-12-20(14-26-24(27)28)31-23(18)22(13-17)16-3-7-19(25)8-4-16/h3-13,26H,2,14H2,1H3,(H,27,28). The number of sulfone groups is 1. The monoisotopic (exact) mass is 453 g/mol. The lowest BCUT2D eigenvalue weighted by molar-refractivity contribution is 0.193. The maximum atomic E-state index is 13.5. The van der Waals surface area contributed by atoms with Gasteiger partial charge < -0.3 is 14.8 Å². The van der Waals surface area contributed by atoms with Gasteiger partial charge in [0, 0.05) is 10.9 Å². The first-order valence-corrected chi connectivity index (χ1v) is 11.5. The Hall–Kier alpha value is -3.65. The van der Waals surface area contributed by atoms with E-state index in [0.29, 0.717) is 16.9 Å². The van der Waals surface area contributed by atoms with E-state index in [9.17, 15) is 17.6 Å². The molecule has 0 aliphatic heterocycles. The summed E-state index contributed by atoms with van der Waals surface area (Å²) in [5.74, 6) is 0.0989. The van der Waals surface area contributed by atoms with E-state index in [2.05, 4.69) is 5.32 Å². The van der Waals surface area contributed by atoms with Crippen LogP contribution in [0.15, 0.2) is 76.0 Å². The van der Waals surface area contributed by atoms with E-state index in [1.54, 1.807) is 49.4 Å². The number of rotatable bonds is 6. The minimum absolute atomic E-state index is 0.00573. The minimum Gasteiger partial charge on any atom is -0.465 e. The van der Waals surface area contributed by atoms with Gasteiger partial charge in [-0.05, 0) is 59.2 Å². The summed E-state index contributed by atoms with van der Waals surface area (Å²) in [6.45, 7) is 1.60. The fraction of sp³-hybridized carbons (Fsp3) is 0.125. The molecule has 1 amide bonds. The van der Waals surface area contributed by atoms with Gasteiger partial charge in [-0.15, -0.1) is 0 Å². The van der Waals surface area contributed by atoms with Gasteiger partial charge in [-0.3, -0.25) is 0 Å². The van der Waals surface area contributed by atoms with Crippen molar-refractivity contribution in [2.24, 2.45) is 0 Å². The summed E-state index contributed by atoms with van der Waals surface area (Å²) < 4.78 is 43.6. The summed E-state index contributed by atoms with van der Waals surface area (Å²) in [6.07, 6.45) is -1.16. The first-order chi connectivity index (χ1) is 15.3. The molecule has 0 fully saturated rings. The molecule has 3 aromatic carbocycles. The van der Waals surface area contributed by atoms with Crippen molar-refractivity contribution in [2.75, 3.05) is 5.75 Å². The molecule has 4 rings (SSSR count). The third-order valence-electron chi connectivity index (χ3n) is 5.16. The van der Waals surface area contributed by atoms with Crippen molar-refractivity contribution in [3.63, 3.8) is 0 Å². The van der Waals surface area contributed by atoms with Gasteiger partial charge >= 0.3 is 6.09 Å². The van der Waals surface area contributed by atoms with Gasteiger partial charge in [0.2, 0.25) is 0 Å². The lowest BCUT2D eigenvalue weighted by Gasteiger charge is -2.09. The Morgan fingerprint density at radius 2 is 1.62 bits per heavy atom. The third-order valence-corrected chi connectivity index (χ3v) is 6.91. The highest BCUT2D eigenvalue weighted by Crippen LogP contribution is 2.36. The average molecular weight is 453 g/mol. The number of furan rings is 1. The first-order valence-electron chi connectivity index (χ1n) is 9.89. The maximum absolute atomic E-state index is 13.5. The largest absolute Gasteiger partial charge is 0.465 e. The summed E-state index contributed by atoms with van der Waals surface area (Å²) in [5.41, 5.74) is 3.61. The topological polar surface area (TPSA) is 96.6 Å². The second-order valence-electron chi connectivity index (χ2n) is 7.25. The van der Waals surface area contributed by atoms with Crippen LogP contribution in [0.4, 0.5) is 9.18 Å². The molecule has 6 nitrogen and oxygen atoms in total. The van der Waals surface area contributed by atoms with Gasteiger partial charge in [-0.25, -0.2) is 17.6 Å². The Kier molecular flexibility index (Phi) is 5.71. The molecule has 1 aromatic heterocycles. The molecule has 1 heterocycles. The second-order valence-corrected chi connectivity index (χ2v) is 9.53. The number of amides is 1. The SMILES string of the molecule is CCS(=O)(=O)c1ccc(-c2cc(-c3ccc(F)cc3)c3oc(CNC(=O)O)cc3c2)cc1. The number of nitrogens with one attached hydrogen (secondary N) is 1. The van der Waals surface area contributed by atoms with E-state index in [1.165, 1.54) is 12.1 Å². The molecule has 0 radical (unpaired) electrons. The molecule has 0 spiro atoms. The van der Waals surface area contributed by atoms with Crippen LogP contribution in [0.5, 0.6) is 0 Å². The van der Waals surface area contributed by atoms with E-state index in [4.69, 9.17) is 9.52 Å². The molecule has 0 bridgehead atoms. The van der Waals surface area contributed by atoms with Crippen molar-refractivity contribution in [3.8, 4) is 22.3 Å². The number of carboxylic acid groups (broad SMARTS) is 1. The van der Waals surface area contributed by atoms with Crippen LogP contribution >= 0.6 is 0 Å². The molecule has 0 saturated carbocycles.